The summed E-state index contributed by atoms with van der Waals surface area (Å²) in [4.78, 5) is 0. The Balaban J connectivity index is 2.32. The number of aliphatic hydroxyl groups excluding tert-OH is 4. The van der Waals surface area contributed by atoms with E-state index in [-0.39, 0.29) is 6.10 Å². The fourth-order valence-electron chi connectivity index (χ4n) is 5.72. The summed E-state index contributed by atoms with van der Waals surface area (Å²) in [6.45, 7) is 4.10. The third-order valence-electron chi connectivity index (χ3n) is 8.43. The van der Waals surface area contributed by atoms with Gasteiger partial charge in [0.05, 0.1) is 12.7 Å². The monoisotopic (exact) mass is 558 g/mol. The minimum absolute atomic E-state index is 0.0522. The van der Waals surface area contributed by atoms with E-state index < -0.39 is 37.3 Å². The maximum atomic E-state index is 10.4. The summed E-state index contributed by atoms with van der Waals surface area (Å²) in [5.74, 6) is 0. The van der Waals surface area contributed by atoms with E-state index in [1.807, 2.05) is 0 Å². The van der Waals surface area contributed by atoms with Gasteiger partial charge in [-0.15, -0.1) is 0 Å². The van der Waals surface area contributed by atoms with Gasteiger partial charge in [0.25, 0.3) is 0 Å². The molecule has 39 heavy (non-hydrogen) atoms. The first-order valence-electron chi connectivity index (χ1n) is 17.0. The normalized spacial score (nSPS) is 24.3. The van der Waals surface area contributed by atoms with Crippen LogP contribution in [0, 0.1) is 0 Å². The van der Waals surface area contributed by atoms with Crippen LogP contribution in [0.3, 0.4) is 0 Å². The molecule has 0 saturated carbocycles. The molecule has 1 fully saturated rings. The second-order valence-corrected chi connectivity index (χ2v) is 12.1. The minimum atomic E-state index is -1.38. The van der Waals surface area contributed by atoms with Gasteiger partial charge in [0.15, 0.2) is 6.29 Å². The molecule has 0 aromatic rings. The lowest BCUT2D eigenvalue weighted by Crippen LogP contribution is -2.59. The van der Waals surface area contributed by atoms with Crippen molar-refractivity contribution in [2.45, 2.75) is 205 Å². The molecule has 1 rings (SSSR count). The highest BCUT2D eigenvalue weighted by atomic mass is 16.7. The zero-order valence-corrected chi connectivity index (χ0v) is 25.7. The van der Waals surface area contributed by atoms with Gasteiger partial charge in [-0.05, 0) is 12.8 Å². The Morgan fingerprint density at radius 2 is 0.872 bits per heavy atom. The molecule has 1 aliphatic heterocycles. The SMILES string of the molecule is CCCCCCCCCCCCCCC(CCCCCCCCCCCC)OC1OC(CO)C(O)C(O)C1O. The van der Waals surface area contributed by atoms with Crippen LogP contribution in [-0.2, 0) is 9.47 Å². The van der Waals surface area contributed by atoms with Gasteiger partial charge in [0.1, 0.15) is 24.4 Å². The summed E-state index contributed by atoms with van der Waals surface area (Å²) in [6.07, 6.45) is 24.4. The average molecular weight is 559 g/mol. The summed E-state index contributed by atoms with van der Waals surface area (Å²) in [6, 6.07) is 0. The molecular weight excluding hydrogens is 492 g/mol. The van der Waals surface area contributed by atoms with Crippen molar-refractivity contribution in [2.75, 3.05) is 6.61 Å². The Labute approximate surface area is 241 Å². The van der Waals surface area contributed by atoms with E-state index in [0.29, 0.717) is 0 Å². The molecule has 0 aliphatic carbocycles. The zero-order valence-electron chi connectivity index (χ0n) is 25.7. The molecule has 6 nitrogen and oxygen atoms in total. The Hall–Kier alpha value is -0.240. The molecule has 0 bridgehead atoms. The highest BCUT2D eigenvalue weighted by Gasteiger charge is 2.44. The summed E-state index contributed by atoms with van der Waals surface area (Å²) >= 11 is 0. The van der Waals surface area contributed by atoms with Crippen LogP contribution in [0.5, 0.6) is 0 Å². The van der Waals surface area contributed by atoms with Crippen molar-refractivity contribution in [3.05, 3.63) is 0 Å². The topological polar surface area (TPSA) is 99.4 Å². The first-order chi connectivity index (χ1) is 19.0. The van der Waals surface area contributed by atoms with Crippen molar-refractivity contribution in [2.24, 2.45) is 0 Å². The maximum absolute atomic E-state index is 10.4. The Kier molecular flexibility index (Phi) is 24.0. The van der Waals surface area contributed by atoms with E-state index in [1.54, 1.807) is 0 Å². The summed E-state index contributed by atoms with van der Waals surface area (Å²) in [5, 5.41) is 40.2. The van der Waals surface area contributed by atoms with Crippen LogP contribution in [0.1, 0.15) is 168 Å². The van der Waals surface area contributed by atoms with E-state index in [2.05, 4.69) is 13.8 Å². The van der Waals surface area contributed by atoms with Crippen molar-refractivity contribution in [1.29, 1.82) is 0 Å². The number of unbranched alkanes of at least 4 members (excludes halogenated alkanes) is 20. The van der Waals surface area contributed by atoms with Gasteiger partial charge in [-0.2, -0.15) is 0 Å². The smallest absolute Gasteiger partial charge is 0.186 e. The van der Waals surface area contributed by atoms with Crippen LogP contribution in [0.2, 0.25) is 0 Å². The summed E-state index contributed by atoms with van der Waals surface area (Å²) in [7, 11) is 0. The molecule has 6 heteroatoms. The van der Waals surface area contributed by atoms with Gasteiger partial charge < -0.3 is 29.9 Å². The largest absolute Gasteiger partial charge is 0.394 e. The van der Waals surface area contributed by atoms with Crippen LogP contribution in [-0.4, -0.2) is 63.8 Å². The fraction of sp³-hybridized carbons (Fsp3) is 1.00. The average Bonchev–Trinajstić information content (AvgIpc) is 2.94. The minimum Gasteiger partial charge on any atom is -0.394 e. The van der Waals surface area contributed by atoms with E-state index in [0.717, 1.165) is 25.7 Å². The molecule has 4 N–H and O–H groups in total. The number of aliphatic hydroxyl groups is 4. The third-order valence-corrected chi connectivity index (χ3v) is 8.43. The lowest BCUT2D eigenvalue weighted by Gasteiger charge is -2.41. The summed E-state index contributed by atoms with van der Waals surface area (Å²) in [5.41, 5.74) is 0. The molecule has 1 saturated heterocycles. The molecule has 0 aromatic carbocycles. The quantitative estimate of drug-likeness (QED) is 0.0776. The van der Waals surface area contributed by atoms with Gasteiger partial charge in [0.2, 0.25) is 0 Å². The summed E-state index contributed by atoms with van der Waals surface area (Å²) < 4.78 is 11.8. The van der Waals surface area contributed by atoms with Crippen molar-refractivity contribution < 1.29 is 29.9 Å². The molecule has 6 unspecified atom stereocenters. The highest BCUT2D eigenvalue weighted by molar-refractivity contribution is 4.89. The predicted molar refractivity (Wildman–Crippen MR) is 161 cm³/mol. The van der Waals surface area contributed by atoms with Crippen molar-refractivity contribution in [3.63, 3.8) is 0 Å². The van der Waals surface area contributed by atoms with Crippen LogP contribution in [0.15, 0.2) is 0 Å². The van der Waals surface area contributed by atoms with Crippen LogP contribution in [0.4, 0.5) is 0 Å². The lowest BCUT2D eigenvalue weighted by atomic mass is 9.98. The second-order valence-electron chi connectivity index (χ2n) is 12.1. The number of ether oxygens (including phenoxy) is 2. The van der Waals surface area contributed by atoms with E-state index in [4.69, 9.17) is 9.47 Å². The number of hydrogen-bond acceptors (Lipinski definition) is 6. The van der Waals surface area contributed by atoms with E-state index in [9.17, 15) is 20.4 Å². The first-order valence-corrected chi connectivity index (χ1v) is 17.0. The third kappa shape index (κ3) is 18.0. The lowest BCUT2D eigenvalue weighted by molar-refractivity contribution is -0.312. The first kappa shape index (κ1) is 36.8. The Morgan fingerprint density at radius 1 is 0.513 bits per heavy atom. The van der Waals surface area contributed by atoms with E-state index in [1.165, 1.54) is 128 Å². The van der Waals surface area contributed by atoms with Gasteiger partial charge in [-0.1, -0.05) is 155 Å². The Bertz CT molecular complexity index is 516. The van der Waals surface area contributed by atoms with Gasteiger partial charge in [-0.3, -0.25) is 0 Å². The molecule has 0 spiro atoms. The van der Waals surface area contributed by atoms with Crippen molar-refractivity contribution >= 4 is 0 Å². The molecule has 1 aliphatic rings. The molecule has 0 aromatic heterocycles. The number of rotatable bonds is 27. The molecule has 234 valence electrons. The molecular formula is C33H66O6. The van der Waals surface area contributed by atoms with Crippen molar-refractivity contribution in [1.82, 2.24) is 0 Å². The van der Waals surface area contributed by atoms with Crippen LogP contribution >= 0.6 is 0 Å². The van der Waals surface area contributed by atoms with Gasteiger partial charge >= 0.3 is 0 Å². The van der Waals surface area contributed by atoms with Crippen molar-refractivity contribution in [3.8, 4) is 0 Å². The van der Waals surface area contributed by atoms with Crippen LogP contribution < -0.4 is 0 Å². The molecule has 6 atom stereocenters. The van der Waals surface area contributed by atoms with Gasteiger partial charge in [-0.25, -0.2) is 0 Å². The highest BCUT2D eigenvalue weighted by Crippen LogP contribution is 2.26. The molecule has 1 heterocycles. The molecule has 0 radical (unpaired) electrons. The standard InChI is InChI=1S/C33H66O6/c1-3-5-7-9-11-13-15-16-18-20-22-24-26-28(25-23-21-19-17-14-12-10-8-6-4-2)38-33-32(37)31(36)30(35)29(27-34)39-33/h28-37H,3-27H2,1-2H3. The second kappa shape index (κ2) is 25.5. The maximum Gasteiger partial charge on any atom is 0.186 e. The predicted octanol–water partition coefficient (Wildman–Crippen LogP) is 7.57. The van der Waals surface area contributed by atoms with Crippen LogP contribution in [0.25, 0.3) is 0 Å². The fourth-order valence-corrected chi connectivity index (χ4v) is 5.72. The van der Waals surface area contributed by atoms with E-state index >= 15 is 0 Å². The number of hydrogen-bond donors (Lipinski definition) is 4. The Morgan fingerprint density at radius 3 is 1.23 bits per heavy atom. The molecule has 0 amide bonds. The zero-order chi connectivity index (χ0) is 28.6. The van der Waals surface area contributed by atoms with Gasteiger partial charge in [0, 0.05) is 0 Å².